The van der Waals surface area contributed by atoms with Gasteiger partial charge in [0.25, 0.3) is 0 Å². The van der Waals surface area contributed by atoms with Crippen LogP contribution in [0.25, 0.3) is 0 Å². The zero-order chi connectivity index (χ0) is 23.0. The van der Waals surface area contributed by atoms with Gasteiger partial charge in [0.15, 0.2) is 18.5 Å². The Morgan fingerprint density at radius 1 is 0.968 bits per heavy atom. The van der Waals surface area contributed by atoms with E-state index in [0.29, 0.717) is 5.56 Å². The smallest absolute Gasteiger partial charge is 0.320 e. The van der Waals surface area contributed by atoms with Crippen LogP contribution >= 0.6 is 12.4 Å². The molecule has 0 radical (unpaired) electrons. The maximum Gasteiger partial charge on any atom is 0.320 e. The number of aromatic hydroxyl groups is 1. The molecule has 4 atom stereocenters. The molecule has 12 nitrogen and oxygen atoms in total. The monoisotopic (exact) mass is 464 g/mol. The average Bonchev–Trinajstić information content (AvgIpc) is 2.65. The number of aliphatic hydroxyl groups excluding tert-OH is 1. The minimum Gasteiger partial charge on any atom is -0.548 e. The van der Waals surface area contributed by atoms with E-state index in [2.05, 4.69) is 0 Å². The summed E-state index contributed by atoms with van der Waals surface area (Å²) in [5.74, 6) is -4.17. The molecule has 0 amide bonds. The third-order valence-electron chi connectivity index (χ3n) is 4.62. The van der Waals surface area contributed by atoms with Crippen LogP contribution in [0.4, 0.5) is 0 Å². The second-order valence-corrected chi connectivity index (χ2v) is 7.13. The number of halogens is 1. The van der Waals surface area contributed by atoms with Gasteiger partial charge in [-0.05, 0) is 25.7 Å². The first-order valence-electron chi connectivity index (χ1n) is 9.27. The van der Waals surface area contributed by atoms with Gasteiger partial charge in [0.2, 0.25) is 6.20 Å². The number of rotatable bonds is 13. The van der Waals surface area contributed by atoms with Crippen LogP contribution in [-0.4, -0.2) is 62.6 Å². The van der Waals surface area contributed by atoms with Crippen molar-refractivity contribution in [3.8, 4) is 5.75 Å². The fourth-order valence-electron chi connectivity index (χ4n) is 2.84. The molecule has 0 bridgehead atoms. The van der Waals surface area contributed by atoms with Gasteiger partial charge in [0, 0.05) is 23.6 Å². The van der Waals surface area contributed by atoms with E-state index in [1.54, 1.807) is 0 Å². The first kappa shape index (κ1) is 28.5. The second-order valence-electron chi connectivity index (χ2n) is 7.13. The van der Waals surface area contributed by atoms with Crippen molar-refractivity contribution in [2.45, 2.75) is 62.9 Å². The number of hydrogen-bond acceptors (Lipinski definition) is 9. The van der Waals surface area contributed by atoms with Gasteiger partial charge in [-0.15, -0.1) is 12.4 Å². The lowest BCUT2D eigenvalue weighted by atomic mass is 9.96. The van der Waals surface area contributed by atoms with Crippen molar-refractivity contribution in [3.05, 3.63) is 23.5 Å². The highest BCUT2D eigenvalue weighted by atomic mass is 35.5. The Balaban J connectivity index is 0.00000900. The molecule has 10 N–H and O–H groups in total. The van der Waals surface area contributed by atoms with Crippen LogP contribution in [0.5, 0.6) is 5.75 Å². The lowest BCUT2D eigenvalue weighted by Crippen LogP contribution is -2.44. The number of carbonyl (C=O) groups excluding carboxylic acids is 1. The molecular formula is C18H29ClN4O8. The number of carboxylic acid groups (broad SMARTS) is 3. The van der Waals surface area contributed by atoms with E-state index in [4.69, 9.17) is 27.4 Å². The number of nitrogens with two attached hydrogens (primary N) is 3. The third kappa shape index (κ3) is 9.44. The Bertz CT molecular complexity index is 779. The summed E-state index contributed by atoms with van der Waals surface area (Å²) in [6.07, 6.45) is 1.82. The molecule has 31 heavy (non-hydrogen) atoms. The Labute approximate surface area is 184 Å². The van der Waals surface area contributed by atoms with Crippen LogP contribution in [0.2, 0.25) is 0 Å². The van der Waals surface area contributed by atoms with Crippen molar-refractivity contribution in [3.63, 3.8) is 0 Å². The number of pyridine rings is 1. The Morgan fingerprint density at radius 3 is 2.06 bits per heavy atom. The van der Waals surface area contributed by atoms with E-state index in [1.165, 1.54) is 17.0 Å². The van der Waals surface area contributed by atoms with Crippen molar-refractivity contribution in [1.29, 1.82) is 0 Å². The van der Waals surface area contributed by atoms with Crippen LogP contribution < -0.4 is 26.9 Å². The summed E-state index contributed by atoms with van der Waals surface area (Å²) >= 11 is 0. The van der Waals surface area contributed by atoms with Crippen LogP contribution in [0, 0.1) is 0 Å². The number of aromatic nitrogens is 1. The zero-order valence-corrected chi connectivity index (χ0v) is 17.5. The van der Waals surface area contributed by atoms with Crippen LogP contribution in [0.1, 0.15) is 30.4 Å². The van der Waals surface area contributed by atoms with Gasteiger partial charge in [-0.2, -0.15) is 4.57 Å². The molecule has 13 heteroatoms. The molecule has 0 spiro atoms. The van der Waals surface area contributed by atoms with Crippen molar-refractivity contribution in [2.24, 2.45) is 17.2 Å². The van der Waals surface area contributed by atoms with E-state index in [1.807, 2.05) is 0 Å². The van der Waals surface area contributed by atoms with Gasteiger partial charge in [-0.1, -0.05) is 0 Å². The lowest BCUT2D eigenvalue weighted by molar-refractivity contribution is -0.704. The molecule has 0 aliphatic heterocycles. The molecule has 0 aliphatic rings. The SMILES string of the molecule is Cl.NC(CCC(O)C[n+]1cc(O)c(CC(N)C(=O)O)c(CCC(N)C(=O)O)c1)C(=O)[O-]. The number of hydrogen-bond donors (Lipinski definition) is 7. The molecule has 1 rings (SSSR count). The molecule has 176 valence electrons. The molecule has 0 saturated carbocycles. The number of aliphatic hydroxyl groups is 1. The third-order valence-corrected chi connectivity index (χ3v) is 4.62. The molecular weight excluding hydrogens is 436 g/mol. The number of nitrogens with zero attached hydrogens (tertiary/aromatic N) is 1. The molecule has 1 aromatic heterocycles. The maximum atomic E-state index is 11.1. The van der Waals surface area contributed by atoms with Crippen LogP contribution in [0.15, 0.2) is 12.4 Å². The second kappa shape index (κ2) is 13.0. The van der Waals surface area contributed by atoms with Gasteiger partial charge < -0.3 is 47.5 Å². The number of carbonyl (C=O) groups is 3. The summed E-state index contributed by atoms with van der Waals surface area (Å²) in [6.45, 7) is -0.0173. The summed E-state index contributed by atoms with van der Waals surface area (Å²) in [6, 6.07) is -3.65. The van der Waals surface area contributed by atoms with Crippen LogP contribution in [-0.2, 0) is 33.8 Å². The van der Waals surface area contributed by atoms with E-state index < -0.39 is 42.1 Å². The van der Waals surface area contributed by atoms with Crippen molar-refractivity contribution < 1.29 is 44.5 Å². The van der Waals surface area contributed by atoms with Gasteiger partial charge >= 0.3 is 11.9 Å². The number of aliphatic carboxylic acids is 3. The Kier molecular flexibility index (Phi) is 12.0. The normalized spacial score (nSPS) is 14.7. The van der Waals surface area contributed by atoms with Crippen molar-refractivity contribution in [2.75, 3.05) is 0 Å². The molecule has 1 aromatic rings. The molecule has 0 aromatic carbocycles. The average molecular weight is 465 g/mol. The lowest BCUT2D eigenvalue weighted by Gasteiger charge is -2.16. The first-order chi connectivity index (χ1) is 13.9. The molecule has 4 unspecified atom stereocenters. The fourth-order valence-corrected chi connectivity index (χ4v) is 2.84. The highest BCUT2D eigenvalue weighted by Crippen LogP contribution is 2.22. The summed E-state index contributed by atoms with van der Waals surface area (Å²) in [5.41, 5.74) is 17.1. The van der Waals surface area contributed by atoms with Crippen LogP contribution in [0.3, 0.4) is 0 Å². The topological polar surface area (TPSA) is 237 Å². The Hall–Kier alpha value is -2.51. The molecule has 0 aliphatic carbocycles. The summed E-state index contributed by atoms with van der Waals surface area (Å²) in [5, 5.41) is 49.1. The van der Waals surface area contributed by atoms with E-state index >= 15 is 0 Å². The maximum absolute atomic E-state index is 11.1. The minimum absolute atomic E-state index is 0. The summed E-state index contributed by atoms with van der Waals surface area (Å²) < 4.78 is 1.43. The standard InChI is InChI=1S/C18H28N4O8.ClH/c19-12(16(25)26)3-1-9-6-22(7-10(23)2-4-13(20)17(27)28)8-15(24)11(9)5-14(21)18(29)30;/h6,8,10,12-14,23H,1-5,7,19-21H2,(H3-,24,25,26,27,28,29,30);1H. The quantitative estimate of drug-likeness (QED) is 0.142. The van der Waals surface area contributed by atoms with Gasteiger partial charge in [-0.25, -0.2) is 0 Å². The van der Waals surface area contributed by atoms with Gasteiger partial charge in [0.05, 0.1) is 5.97 Å². The van der Waals surface area contributed by atoms with E-state index in [-0.39, 0.29) is 62.4 Å². The number of carboxylic acids is 3. The summed E-state index contributed by atoms with van der Waals surface area (Å²) in [4.78, 5) is 32.7. The first-order valence-corrected chi connectivity index (χ1v) is 9.27. The van der Waals surface area contributed by atoms with Crippen molar-refractivity contribution in [1.82, 2.24) is 0 Å². The highest BCUT2D eigenvalue weighted by molar-refractivity contribution is 5.85. The largest absolute Gasteiger partial charge is 0.548 e. The van der Waals surface area contributed by atoms with E-state index in [0.717, 1.165) is 0 Å². The number of aryl methyl sites for hydroxylation is 1. The molecule has 1 heterocycles. The summed E-state index contributed by atoms with van der Waals surface area (Å²) in [7, 11) is 0. The highest BCUT2D eigenvalue weighted by Gasteiger charge is 2.24. The van der Waals surface area contributed by atoms with Gasteiger partial charge in [-0.3, -0.25) is 9.59 Å². The fraction of sp³-hybridized carbons (Fsp3) is 0.556. The van der Waals surface area contributed by atoms with E-state index in [9.17, 15) is 29.7 Å². The Morgan fingerprint density at radius 2 is 1.55 bits per heavy atom. The van der Waals surface area contributed by atoms with Gasteiger partial charge in [0.1, 0.15) is 18.2 Å². The minimum atomic E-state index is -1.43. The molecule has 0 saturated heterocycles. The van der Waals surface area contributed by atoms with Crippen molar-refractivity contribution >= 4 is 30.3 Å². The predicted molar refractivity (Wildman–Crippen MR) is 107 cm³/mol. The molecule has 0 fully saturated rings. The predicted octanol–water partition coefficient (Wildman–Crippen LogP) is -3.38. The zero-order valence-electron chi connectivity index (χ0n) is 16.7.